The number of sulfone groups is 1. The van der Waals surface area contributed by atoms with Gasteiger partial charge in [-0.1, -0.05) is 54.0 Å². The van der Waals surface area contributed by atoms with Crippen molar-refractivity contribution in [3.05, 3.63) is 64.1 Å². The topological polar surface area (TPSA) is 92.3 Å². The zero-order valence-corrected chi connectivity index (χ0v) is 18.1. The predicted octanol–water partition coefficient (Wildman–Crippen LogP) is 3.27. The highest BCUT2D eigenvalue weighted by molar-refractivity contribution is 9.10. The number of hydrogen-bond acceptors (Lipinski definition) is 4. The number of amides is 2. The van der Waals surface area contributed by atoms with Crippen molar-refractivity contribution < 1.29 is 18.0 Å². The van der Waals surface area contributed by atoms with Gasteiger partial charge in [-0.15, -0.1) is 0 Å². The van der Waals surface area contributed by atoms with Gasteiger partial charge >= 0.3 is 0 Å². The first-order valence-electron chi connectivity index (χ1n) is 8.76. The van der Waals surface area contributed by atoms with Crippen LogP contribution >= 0.6 is 15.9 Å². The molecule has 0 aliphatic heterocycles. The first-order chi connectivity index (χ1) is 13.1. The van der Waals surface area contributed by atoms with Crippen molar-refractivity contribution >= 4 is 43.3 Å². The van der Waals surface area contributed by atoms with E-state index in [0.717, 1.165) is 10.0 Å². The quantitative estimate of drug-likeness (QED) is 0.624. The number of benzene rings is 2. The molecule has 0 bridgehead atoms. The van der Waals surface area contributed by atoms with Gasteiger partial charge < -0.3 is 10.6 Å². The lowest BCUT2D eigenvalue weighted by molar-refractivity contribution is -0.119. The van der Waals surface area contributed by atoms with Gasteiger partial charge in [0, 0.05) is 22.6 Å². The summed E-state index contributed by atoms with van der Waals surface area (Å²) < 4.78 is 25.3. The first-order valence-corrected chi connectivity index (χ1v) is 11.4. The lowest BCUT2D eigenvalue weighted by Gasteiger charge is -2.09. The largest absolute Gasteiger partial charge is 0.351 e. The standard InChI is InChI=1S/C20H23BrN2O4S/c1-14(2)20(25)23-18-9-5-15(6-10-18)11-22-19(24)13-28(26,27)12-16-3-7-17(21)8-4-16/h3-10,14H,11-13H2,1-2H3,(H,22,24)(H,23,25). The highest BCUT2D eigenvalue weighted by Crippen LogP contribution is 2.13. The molecular weight excluding hydrogens is 444 g/mol. The fraction of sp³-hybridized carbons (Fsp3) is 0.300. The van der Waals surface area contributed by atoms with Crippen LogP contribution in [-0.4, -0.2) is 26.0 Å². The van der Waals surface area contributed by atoms with Crippen LogP contribution in [0.15, 0.2) is 53.0 Å². The molecule has 28 heavy (non-hydrogen) atoms. The van der Waals surface area contributed by atoms with Crippen LogP contribution in [-0.2, 0) is 31.7 Å². The van der Waals surface area contributed by atoms with Crippen LogP contribution in [0.5, 0.6) is 0 Å². The first kappa shape index (κ1) is 22.1. The summed E-state index contributed by atoms with van der Waals surface area (Å²) in [6.45, 7) is 3.83. The molecular formula is C20H23BrN2O4S. The summed E-state index contributed by atoms with van der Waals surface area (Å²) in [4.78, 5) is 23.7. The van der Waals surface area contributed by atoms with E-state index in [9.17, 15) is 18.0 Å². The predicted molar refractivity (Wildman–Crippen MR) is 113 cm³/mol. The van der Waals surface area contributed by atoms with Gasteiger partial charge in [0.05, 0.1) is 5.75 Å². The van der Waals surface area contributed by atoms with Gasteiger partial charge in [0.15, 0.2) is 9.84 Å². The third-order valence-corrected chi connectivity index (χ3v) is 5.89. The van der Waals surface area contributed by atoms with Crippen LogP contribution in [0.3, 0.4) is 0 Å². The Bertz CT molecular complexity index is 924. The van der Waals surface area contributed by atoms with Crippen molar-refractivity contribution in [1.29, 1.82) is 0 Å². The summed E-state index contributed by atoms with van der Waals surface area (Å²) >= 11 is 3.30. The highest BCUT2D eigenvalue weighted by atomic mass is 79.9. The van der Waals surface area contributed by atoms with E-state index in [1.165, 1.54) is 0 Å². The molecule has 2 N–H and O–H groups in total. The molecule has 0 saturated heterocycles. The number of carbonyl (C=O) groups is 2. The second-order valence-corrected chi connectivity index (χ2v) is 9.76. The zero-order valence-electron chi connectivity index (χ0n) is 15.7. The molecule has 2 aromatic rings. The molecule has 2 rings (SSSR count). The molecule has 0 fully saturated rings. The third-order valence-electron chi connectivity index (χ3n) is 3.89. The van der Waals surface area contributed by atoms with E-state index >= 15 is 0 Å². The third kappa shape index (κ3) is 7.44. The van der Waals surface area contributed by atoms with E-state index in [1.54, 1.807) is 48.5 Å². The van der Waals surface area contributed by atoms with E-state index < -0.39 is 21.5 Å². The van der Waals surface area contributed by atoms with Gasteiger partial charge in [0.2, 0.25) is 11.8 Å². The van der Waals surface area contributed by atoms with Crippen LogP contribution < -0.4 is 10.6 Å². The van der Waals surface area contributed by atoms with Crippen LogP contribution in [0, 0.1) is 5.92 Å². The minimum absolute atomic E-state index is 0.0722. The Hall–Kier alpha value is -2.19. The number of rotatable bonds is 8. The van der Waals surface area contributed by atoms with Gasteiger partial charge in [0.25, 0.3) is 0 Å². The minimum atomic E-state index is -3.55. The molecule has 0 aliphatic rings. The minimum Gasteiger partial charge on any atom is -0.351 e. The van der Waals surface area contributed by atoms with E-state index in [2.05, 4.69) is 26.6 Å². The maximum Gasteiger partial charge on any atom is 0.235 e. The molecule has 8 heteroatoms. The average molecular weight is 467 g/mol. The Labute approximate surface area is 173 Å². The monoisotopic (exact) mass is 466 g/mol. The number of hydrogen-bond donors (Lipinski definition) is 2. The lowest BCUT2D eigenvalue weighted by atomic mass is 10.1. The van der Waals surface area contributed by atoms with Gasteiger partial charge in [-0.25, -0.2) is 8.42 Å². The molecule has 0 heterocycles. The molecule has 0 saturated carbocycles. The Morgan fingerprint density at radius 3 is 2.11 bits per heavy atom. The van der Waals surface area contributed by atoms with Gasteiger partial charge in [0.1, 0.15) is 5.75 Å². The molecule has 0 radical (unpaired) electrons. The SMILES string of the molecule is CC(C)C(=O)Nc1ccc(CNC(=O)CS(=O)(=O)Cc2ccc(Br)cc2)cc1. The van der Waals surface area contributed by atoms with Crippen molar-refractivity contribution in [2.45, 2.75) is 26.1 Å². The molecule has 0 spiro atoms. The van der Waals surface area contributed by atoms with E-state index in [-0.39, 0.29) is 24.1 Å². The maximum atomic E-state index is 12.2. The van der Waals surface area contributed by atoms with Crippen molar-refractivity contribution in [3.63, 3.8) is 0 Å². The summed E-state index contributed by atoms with van der Waals surface area (Å²) in [5.74, 6) is -1.48. The zero-order chi connectivity index (χ0) is 20.7. The summed E-state index contributed by atoms with van der Waals surface area (Å²) in [5, 5.41) is 5.40. The van der Waals surface area contributed by atoms with Gasteiger partial charge in [-0.2, -0.15) is 0 Å². The molecule has 2 aromatic carbocycles. The van der Waals surface area contributed by atoms with Crippen LogP contribution in [0.2, 0.25) is 0 Å². The maximum absolute atomic E-state index is 12.2. The lowest BCUT2D eigenvalue weighted by Crippen LogP contribution is -2.30. The number of halogens is 1. The molecule has 150 valence electrons. The molecule has 0 unspecified atom stereocenters. The van der Waals surface area contributed by atoms with E-state index in [4.69, 9.17) is 0 Å². The van der Waals surface area contributed by atoms with Crippen molar-refractivity contribution in [2.75, 3.05) is 11.1 Å². The summed E-state index contributed by atoms with van der Waals surface area (Å²) in [7, 11) is -3.55. The number of anilines is 1. The second kappa shape index (κ2) is 9.84. The molecule has 2 amide bonds. The Morgan fingerprint density at radius 1 is 0.964 bits per heavy atom. The van der Waals surface area contributed by atoms with Gasteiger partial charge in [-0.05, 0) is 35.4 Å². The molecule has 6 nitrogen and oxygen atoms in total. The van der Waals surface area contributed by atoms with E-state index in [1.807, 2.05) is 13.8 Å². The van der Waals surface area contributed by atoms with Crippen molar-refractivity contribution in [2.24, 2.45) is 5.92 Å². The normalized spacial score (nSPS) is 11.3. The Morgan fingerprint density at radius 2 is 1.54 bits per heavy atom. The summed E-state index contributed by atoms with van der Waals surface area (Å²) in [5.41, 5.74) is 2.11. The molecule has 0 aliphatic carbocycles. The second-order valence-electron chi connectivity index (χ2n) is 6.78. The summed E-state index contributed by atoms with van der Waals surface area (Å²) in [6, 6.07) is 14.0. The fourth-order valence-corrected chi connectivity index (χ4v) is 3.90. The van der Waals surface area contributed by atoms with Gasteiger partial charge in [-0.3, -0.25) is 9.59 Å². The van der Waals surface area contributed by atoms with Crippen LogP contribution in [0.4, 0.5) is 5.69 Å². The highest BCUT2D eigenvalue weighted by Gasteiger charge is 2.17. The smallest absolute Gasteiger partial charge is 0.235 e. The Kier molecular flexibility index (Phi) is 7.77. The number of nitrogens with one attached hydrogen (secondary N) is 2. The number of carbonyl (C=O) groups excluding carboxylic acids is 2. The summed E-state index contributed by atoms with van der Waals surface area (Å²) in [6.07, 6.45) is 0. The van der Waals surface area contributed by atoms with Crippen molar-refractivity contribution in [3.8, 4) is 0 Å². The van der Waals surface area contributed by atoms with Crippen LogP contribution in [0.25, 0.3) is 0 Å². The van der Waals surface area contributed by atoms with Crippen molar-refractivity contribution in [1.82, 2.24) is 5.32 Å². The fourth-order valence-electron chi connectivity index (χ4n) is 2.33. The average Bonchev–Trinajstić information content (AvgIpc) is 2.62. The molecule has 0 aromatic heterocycles. The van der Waals surface area contributed by atoms with Crippen LogP contribution in [0.1, 0.15) is 25.0 Å². The van der Waals surface area contributed by atoms with E-state index in [0.29, 0.717) is 11.3 Å². The Balaban J connectivity index is 1.84. The molecule has 0 atom stereocenters.